The summed E-state index contributed by atoms with van der Waals surface area (Å²) in [5.74, 6) is -1.32. The first-order valence-electron chi connectivity index (χ1n) is 8.17. The molecule has 22 heavy (non-hydrogen) atoms. The Hall–Kier alpha value is -1.59. The number of carbonyl (C=O) groups is 3. The van der Waals surface area contributed by atoms with Gasteiger partial charge in [0.1, 0.15) is 6.04 Å². The summed E-state index contributed by atoms with van der Waals surface area (Å²) in [4.78, 5) is 35.4. The third kappa shape index (κ3) is 5.00. The maximum atomic E-state index is 12.3. The van der Waals surface area contributed by atoms with E-state index in [4.69, 9.17) is 5.11 Å². The maximum Gasteiger partial charge on any atom is 0.305 e. The van der Waals surface area contributed by atoms with Crippen molar-refractivity contribution in [2.75, 3.05) is 0 Å². The van der Waals surface area contributed by atoms with Crippen LogP contribution in [-0.4, -0.2) is 34.5 Å². The molecule has 1 unspecified atom stereocenters. The molecule has 0 aromatic heterocycles. The number of hydrogen-bond donors (Lipinski definition) is 3. The number of hydrogen-bond acceptors (Lipinski definition) is 3. The van der Waals surface area contributed by atoms with Crippen LogP contribution in [0.25, 0.3) is 0 Å². The van der Waals surface area contributed by atoms with E-state index in [1.165, 1.54) is 0 Å². The van der Waals surface area contributed by atoms with Crippen molar-refractivity contribution in [3.63, 3.8) is 0 Å². The van der Waals surface area contributed by atoms with Crippen molar-refractivity contribution in [1.82, 2.24) is 10.6 Å². The van der Waals surface area contributed by atoms with Crippen molar-refractivity contribution < 1.29 is 19.5 Å². The average molecular weight is 312 g/mol. The number of aliphatic carboxylic acids is 1. The van der Waals surface area contributed by atoms with Gasteiger partial charge in [0.15, 0.2) is 0 Å². The molecule has 1 rings (SSSR count). The fraction of sp³-hybridized carbons (Fsp3) is 0.812. The van der Waals surface area contributed by atoms with Gasteiger partial charge in [-0.25, -0.2) is 0 Å². The van der Waals surface area contributed by atoms with Crippen LogP contribution < -0.4 is 10.6 Å². The summed E-state index contributed by atoms with van der Waals surface area (Å²) < 4.78 is 0. The first-order valence-corrected chi connectivity index (χ1v) is 8.17. The van der Waals surface area contributed by atoms with E-state index in [0.29, 0.717) is 12.8 Å². The number of rotatable bonds is 8. The van der Waals surface area contributed by atoms with Crippen LogP contribution in [0.15, 0.2) is 0 Å². The van der Waals surface area contributed by atoms with Crippen LogP contribution in [0.1, 0.15) is 65.7 Å². The lowest BCUT2D eigenvalue weighted by molar-refractivity contribution is -0.140. The zero-order valence-corrected chi connectivity index (χ0v) is 13.8. The Morgan fingerprint density at radius 2 is 1.73 bits per heavy atom. The van der Waals surface area contributed by atoms with Crippen LogP contribution in [0.2, 0.25) is 0 Å². The molecule has 3 N–H and O–H groups in total. The number of nitrogens with one attached hydrogen (secondary N) is 2. The predicted octanol–water partition coefficient (Wildman–Crippen LogP) is 1.83. The molecular formula is C16H28N2O4. The van der Waals surface area contributed by atoms with Gasteiger partial charge in [-0.1, -0.05) is 26.7 Å². The van der Waals surface area contributed by atoms with Crippen LogP contribution in [0.5, 0.6) is 0 Å². The van der Waals surface area contributed by atoms with Crippen molar-refractivity contribution in [2.45, 2.75) is 77.3 Å². The van der Waals surface area contributed by atoms with Crippen molar-refractivity contribution in [3.05, 3.63) is 0 Å². The minimum atomic E-state index is -0.938. The van der Waals surface area contributed by atoms with Crippen LogP contribution in [0.3, 0.4) is 0 Å². The van der Waals surface area contributed by atoms with Crippen molar-refractivity contribution >= 4 is 17.8 Å². The van der Waals surface area contributed by atoms with Crippen LogP contribution in [0.4, 0.5) is 0 Å². The highest BCUT2D eigenvalue weighted by molar-refractivity contribution is 5.89. The molecule has 126 valence electrons. The van der Waals surface area contributed by atoms with E-state index < -0.39 is 17.6 Å². The van der Waals surface area contributed by atoms with E-state index >= 15 is 0 Å². The van der Waals surface area contributed by atoms with Crippen molar-refractivity contribution in [3.8, 4) is 0 Å². The second-order valence-corrected chi connectivity index (χ2v) is 6.26. The van der Waals surface area contributed by atoms with Crippen LogP contribution in [0, 0.1) is 5.92 Å². The quantitative estimate of drug-likeness (QED) is 0.637. The summed E-state index contributed by atoms with van der Waals surface area (Å²) in [7, 11) is 0. The Bertz CT molecular complexity index is 412. The molecule has 1 saturated carbocycles. The lowest BCUT2D eigenvalue weighted by atomic mass is 9.88. The smallest absolute Gasteiger partial charge is 0.305 e. The normalized spacial score (nSPS) is 17.0. The number of carbonyl (C=O) groups excluding carboxylic acids is 2. The number of amides is 2. The largest absolute Gasteiger partial charge is 0.481 e. The van der Waals surface area contributed by atoms with Gasteiger partial charge in [-0.3, -0.25) is 14.4 Å². The van der Waals surface area contributed by atoms with E-state index in [0.717, 1.165) is 25.7 Å². The molecule has 2 amide bonds. The average Bonchev–Trinajstić information content (AvgIpc) is 3.00. The fourth-order valence-electron chi connectivity index (χ4n) is 2.96. The van der Waals surface area contributed by atoms with E-state index in [9.17, 15) is 14.4 Å². The second-order valence-electron chi connectivity index (χ2n) is 6.26. The molecule has 1 atom stereocenters. The van der Waals surface area contributed by atoms with Gasteiger partial charge in [0.05, 0.1) is 12.0 Å². The molecule has 0 aliphatic heterocycles. The van der Waals surface area contributed by atoms with E-state index in [1.807, 2.05) is 13.8 Å². The standard InChI is InChI=1S/C16H28N2O4/c1-4-16(5-2,10-13(19)20)18-14(21)11(3)17-15(22)12-8-6-7-9-12/h11-12H,4-10H2,1-3H3,(H,17,22)(H,18,21)(H,19,20). The molecule has 1 fully saturated rings. The molecule has 6 heteroatoms. The van der Waals surface area contributed by atoms with Gasteiger partial charge in [-0.15, -0.1) is 0 Å². The number of carboxylic acid groups (broad SMARTS) is 1. The maximum absolute atomic E-state index is 12.3. The summed E-state index contributed by atoms with van der Waals surface area (Å²) in [5.41, 5.74) is -0.755. The van der Waals surface area contributed by atoms with Gasteiger partial charge >= 0.3 is 5.97 Å². The van der Waals surface area contributed by atoms with Crippen molar-refractivity contribution in [2.24, 2.45) is 5.92 Å². The highest BCUT2D eigenvalue weighted by Crippen LogP contribution is 2.25. The lowest BCUT2D eigenvalue weighted by Crippen LogP contribution is -2.55. The van der Waals surface area contributed by atoms with E-state index in [2.05, 4.69) is 10.6 Å². The van der Waals surface area contributed by atoms with E-state index in [-0.39, 0.29) is 24.2 Å². The monoisotopic (exact) mass is 312 g/mol. The summed E-state index contributed by atoms with van der Waals surface area (Å²) >= 11 is 0. The van der Waals surface area contributed by atoms with Gasteiger partial charge in [-0.2, -0.15) is 0 Å². The minimum Gasteiger partial charge on any atom is -0.481 e. The second kappa shape index (κ2) is 8.15. The Morgan fingerprint density at radius 1 is 1.18 bits per heavy atom. The summed E-state index contributed by atoms with van der Waals surface area (Å²) in [6.45, 7) is 5.35. The zero-order valence-electron chi connectivity index (χ0n) is 13.8. The minimum absolute atomic E-state index is 0.0105. The summed E-state index contributed by atoms with van der Waals surface area (Å²) in [5, 5.41) is 14.6. The molecular weight excluding hydrogens is 284 g/mol. The molecule has 0 heterocycles. The van der Waals surface area contributed by atoms with Crippen molar-refractivity contribution in [1.29, 1.82) is 0 Å². The molecule has 1 aliphatic carbocycles. The first kappa shape index (κ1) is 18.5. The SMILES string of the molecule is CCC(CC)(CC(=O)O)NC(=O)C(C)NC(=O)C1CCCC1. The zero-order chi connectivity index (χ0) is 16.8. The van der Waals surface area contributed by atoms with Gasteiger partial charge < -0.3 is 15.7 Å². The molecule has 1 aliphatic rings. The molecule has 0 radical (unpaired) electrons. The van der Waals surface area contributed by atoms with E-state index in [1.54, 1.807) is 6.92 Å². The molecule has 6 nitrogen and oxygen atoms in total. The van der Waals surface area contributed by atoms with Crippen LogP contribution >= 0.6 is 0 Å². The van der Waals surface area contributed by atoms with Gasteiger partial charge in [0, 0.05) is 5.92 Å². The van der Waals surface area contributed by atoms with Gasteiger partial charge in [-0.05, 0) is 32.6 Å². The summed E-state index contributed by atoms with van der Waals surface area (Å²) in [6, 6.07) is -0.653. The lowest BCUT2D eigenvalue weighted by Gasteiger charge is -2.32. The highest BCUT2D eigenvalue weighted by atomic mass is 16.4. The molecule has 0 aromatic rings. The van der Waals surface area contributed by atoms with Crippen LogP contribution in [-0.2, 0) is 14.4 Å². The Labute approximate surface area is 132 Å². The third-order valence-electron chi connectivity index (χ3n) is 4.71. The molecule has 0 bridgehead atoms. The fourth-order valence-corrected chi connectivity index (χ4v) is 2.96. The Morgan fingerprint density at radius 3 is 2.18 bits per heavy atom. The summed E-state index contributed by atoms with van der Waals surface area (Å²) in [6.07, 6.45) is 4.84. The topological polar surface area (TPSA) is 95.5 Å². The first-order chi connectivity index (χ1) is 10.3. The Balaban J connectivity index is 2.60. The van der Waals surface area contributed by atoms with Gasteiger partial charge in [0.2, 0.25) is 11.8 Å². The number of carboxylic acids is 1. The third-order valence-corrected chi connectivity index (χ3v) is 4.71. The predicted molar refractivity (Wildman–Crippen MR) is 83.3 cm³/mol. The highest BCUT2D eigenvalue weighted by Gasteiger charge is 2.33. The van der Waals surface area contributed by atoms with Gasteiger partial charge in [0.25, 0.3) is 0 Å². The molecule has 0 aromatic carbocycles. The molecule has 0 spiro atoms. The Kier molecular flexibility index (Phi) is 6.84. The molecule has 0 saturated heterocycles.